The Labute approximate surface area is 104 Å². The van der Waals surface area contributed by atoms with E-state index in [4.69, 9.17) is 10.5 Å². The van der Waals surface area contributed by atoms with Gasteiger partial charge < -0.3 is 10.5 Å². The predicted molar refractivity (Wildman–Crippen MR) is 68.6 cm³/mol. The molecule has 5 nitrogen and oxygen atoms in total. The van der Waals surface area contributed by atoms with Crippen LogP contribution in [0.4, 0.5) is 0 Å². The van der Waals surface area contributed by atoms with Gasteiger partial charge in [-0.3, -0.25) is 9.58 Å². The zero-order valence-electron chi connectivity index (χ0n) is 11.3. The average Bonchev–Trinajstić information content (AvgIpc) is 2.71. The van der Waals surface area contributed by atoms with Gasteiger partial charge in [0.1, 0.15) is 0 Å². The molecule has 0 bridgehead atoms. The highest BCUT2D eigenvalue weighted by Gasteiger charge is 2.27. The molecule has 0 saturated heterocycles. The molecule has 0 spiro atoms. The van der Waals surface area contributed by atoms with Gasteiger partial charge in [0.2, 0.25) is 0 Å². The van der Waals surface area contributed by atoms with Crippen LogP contribution in [0.15, 0.2) is 12.4 Å². The van der Waals surface area contributed by atoms with Crippen molar-refractivity contribution >= 4 is 0 Å². The lowest BCUT2D eigenvalue weighted by molar-refractivity contribution is 0.0839. The van der Waals surface area contributed by atoms with E-state index in [0.717, 1.165) is 19.6 Å². The monoisotopic (exact) mass is 240 g/mol. The van der Waals surface area contributed by atoms with Crippen LogP contribution in [0.2, 0.25) is 0 Å². The van der Waals surface area contributed by atoms with Gasteiger partial charge in [0.15, 0.2) is 0 Å². The quantitative estimate of drug-likeness (QED) is 0.758. The zero-order chi connectivity index (χ0) is 12.9. The van der Waals surface area contributed by atoms with E-state index >= 15 is 0 Å². The van der Waals surface area contributed by atoms with Gasteiger partial charge in [0.05, 0.1) is 6.20 Å². The number of hydrogen-bond donors (Lipinski definition) is 1. The molecule has 0 saturated carbocycles. The number of aromatic nitrogens is 2. The summed E-state index contributed by atoms with van der Waals surface area (Å²) in [6.07, 6.45) is 4.85. The molecule has 1 unspecified atom stereocenters. The molecule has 0 aliphatic carbocycles. The van der Waals surface area contributed by atoms with Gasteiger partial charge in [-0.25, -0.2) is 0 Å². The molecule has 0 fully saturated rings. The van der Waals surface area contributed by atoms with Crippen molar-refractivity contribution in [1.82, 2.24) is 14.7 Å². The number of aryl methyl sites for hydroxylation is 1. The summed E-state index contributed by atoms with van der Waals surface area (Å²) in [4.78, 5) is 2.27. The number of rotatable bonds is 7. The first kappa shape index (κ1) is 14.2. The third-order valence-electron chi connectivity index (χ3n) is 3.38. The van der Waals surface area contributed by atoms with Crippen LogP contribution >= 0.6 is 0 Å². The third-order valence-corrected chi connectivity index (χ3v) is 3.38. The molecule has 0 radical (unpaired) electrons. The largest absolute Gasteiger partial charge is 0.385 e. The summed E-state index contributed by atoms with van der Waals surface area (Å²) < 4.78 is 6.96. The molecular formula is C12H24N4O. The van der Waals surface area contributed by atoms with Crippen LogP contribution in [0.1, 0.15) is 18.9 Å². The molecule has 0 aromatic carbocycles. The van der Waals surface area contributed by atoms with Gasteiger partial charge in [0, 0.05) is 51.2 Å². The minimum atomic E-state index is -0.0359. The van der Waals surface area contributed by atoms with Gasteiger partial charge >= 0.3 is 0 Å². The molecule has 0 aliphatic rings. The van der Waals surface area contributed by atoms with Crippen LogP contribution < -0.4 is 5.73 Å². The summed E-state index contributed by atoms with van der Waals surface area (Å²) in [7, 11) is 5.74. The highest BCUT2D eigenvalue weighted by Crippen LogP contribution is 2.19. The van der Waals surface area contributed by atoms with Crippen LogP contribution in [-0.4, -0.2) is 47.5 Å². The van der Waals surface area contributed by atoms with E-state index in [0.29, 0.717) is 6.54 Å². The smallest absolute Gasteiger partial charge is 0.0534 e. The van der Waals surface area contributed by atoms with Crippen molar-refractivity contribution < 1.29 is 4.74 Å². The summed E-state index contributed by atoms with van der Waals surface area (Å²) >= 11 is 0. The number of likely N-dealkylation sites (N-methyl/N-ethyl adjacent to an activating group) is 1. The fourth-order valence-corrected chi connectivity index (χ4v) is 1.79. The van der Waals surface area contributed by atoms with Crippen LogP contribution in [0.5, 0.6) is 0 Å². The molecule has 1 aromatic heterocycles. The second-order valence-corrected chi connectivity index (χ2v) is 4.82. The number of nitrogens with zero attached hydrogens (tertiary/aromatic N) is 3. The Morgan fingerprint density at radius 2 is 2.29 bits per heavy atom. The Morgan fingerprint density at radius 1 is 1.59 bits per heavy atom. The third kappa shape index (κ3) is 3.80. The molecule has 0 amide bonds. The van der Waals surface area contributed by atoms with E-state index in [-0.39, 0.29) is 5.54 Å². The van der Waals surface area contributed by atoms with E-state index < -0.39 is 0 Å². The van der Waals surface area contributed by atoms with E-state index in [1.165, 1.54) is 5.56 Å². The van der Waals surface area contributed by atoms with Crippen molar-refractivity contribution in [2.24, 2.45) is 12.8 Å². The summed E-state index contributed by atoms with van der Waals surface area (Å²) in [5.74, 6) is 0. The fourth-order valence-electron chi connectivity index (χ4n) is 1.79. The maximum Gasteiger partial charge on any atom is 0.0534 e. The minimum Gasteiger partial charge on any atom is -0.385 e. The molecule has 1 heterocycles. The second-order valence-electron chi connectivity index (χ2n) is 4.82. The second kappa shape index (κ2) is 6.14. The lowest BCUT2D eigenvalue weighted by Crippen LogP contribution is -2.49. The van der Waals surface area contributed by atoms with Gasteiger partial charge in [-0.05, 0) is 20.4 Å². The first-order valence-corrected chi connectivity index (χ1v) is 5.89. The standard InChI is InChI=1S/C12H24N4O/c1-12(10-13,5-6-17-4)15(2)8-11-7-14-16(3)9-11/h7,9H,5-6,8,10,13H2,1-4H3. The first-order chi connectivity index (χ1) is 8.01. The molecule has 17 heavy (non-hydrogen) atoms. The Hall–Kier alpha value is -0.910. The molecule has 1 rings (SSSR count). The zero-order valence-corrected chi connectivity index (χ0v) is 11.3. The average molecular weight is 240 g/mol. The van der Waals surface area contributed by atoms with Gasteiger partial charge in [0.25, 0.3) is 0 Å². The molecular weight excluding hydrogens is 216 g/mol. The Bertz CT molecular complexity index is 339. The number of nitrogens with two attached hydrogens (primary N) is 1. The molecule has 98 valence electrons. The van der Waals surface area contributed by atoms with Crippen molar-refractivity contribution in [1.29, 1.82) is 0 Å². The summed E-state index contributed by atoms with van der Waals surface area (Å²) in [6.45, 7) is 4.37. The summed E-state index contributed by atoms with van der Waals surface area (Å²) in [5, 5.41) is 4.17. The Morgan fingerprint density at radius 3 is 2.76 bits per heavy atom. The fraction of sp³-hybridized carbons (Fsp3) is 0.750. The maximum absolute atomic E-state index is 5.89. The highest BCUT2D eigenvalue weighted by atomic mass is 16.5. The van der Waals surface area contributed by atoms with E-state index in [2.05, 4.69) is 24.0 Å². The van der Waals surface area contributed by atoms with E-state index in [1.807, 2.05) is 24.1 Å². The van der Waals surface area contributed by atoms with Crippen LogP contribution in [0, 0.1) is 0 Å². The number of ether oxygens (including phenoxy) is 1. The normalized spacial score (nSPS) is 15.2. The molecule has 0 aliphatic heterocycles. The number of hydrogen-bond acceptors (Lipinski definition) is 4. The molecule has 1 atom stereocenters. The molecule has 1 aromatic rings. The van der Waals surface area contributed by atoms with Crippen molar-refractivity contribution in [2.75, 3.05) is 27.3 Å². The van der Waals surface area contributed by atoms with Crippen molar-refractivity contribution in [3.05, 3.63) is 18.0 Å². The highest BCUT2D eigenvalue weighted by molar-refractivity contribution is 5.04. The Balaban J connectivity index is 2.62. The maximum atomic E-state index is 5.89. The van der Waals surface area contributed by atoms with Gasteiger partial charge in [-0.15, -0.1) is 0 Å². The predicted octanol–water partition coefficient (Wildman–Crippen LogP) is 0.606. The molecule has 2 N–H and O–H groups in total. The Kier molecular flexibility index (Phi) is 5.11. The SMILES string of the molecule is COCCC(C)(CN)N(C)Cc1cnn(C)c1. The summed E-state index contributed by atoms with van der Waals surface area (Å²) in [6, 6.07) is 0. The van der Waals surface area contributed by atoms with Crippen molar-refractivity contribution in [2.45, 2.75) is 25.4 Å². The lowest BCUT2D eigenvalue weighted by Gasteiger charge is -2.37. The lowest BCUT2D eigenvalue weighted by atomic mass is 9.96. The van der Waals surface area contributed by atoms with Gasteiger partial charge in [-0.2, -0.15) is 5.10 Å². The van der Waals surface area contributed by atoms with E-state index in [1.54, 1.807) is 7.11 Å². The number of methoxy groups -OCH3 is 1. The van der Waals surface area contributed by atoms with Crippen molar-refractivity contribution in [3.63, 3.8) is 0 Å². The first-order valence-electron chi connectivity index (χ1n) is 5.89. The minimum absolute atomic E-state index is 0.0359. The van der Waals surface area contributed by atoms with Crippen molar-refractivity contribution in [3.8, 4) is 0 Å². The van der Waals surface area contributed by atoms with Gasteiger partial charge in [-0.1, -0.05) is 0 Å². The summed E-state index contributed by atoms with van der Waals surface area (Å²) in [5.41, 5.74) is 7.05. The van der Waals surface area contributed by atoms with Crippen LogP contribution in [-0.2, 0) is 18.3 Å². The van der Waals surface area contributed by atoms with E-state index in [9.17, 15) is 0 Å². The van der Waals surface area contributed by atoms with Crippen LogP contribution in [0.25, 0.3) is 0 Å². The van der Waals surface area contributed by atoms with Crippen LogP contribution in [0.3, 0.4) is 0 Å². The topological polar surface area (TPSA) is 56.3 Å². The molecule has 5 heteroatoms.